The molecule has 0 radical (unpaired) electrons. The largest absolute Gasteiger partial charge is 0.367 e. The molecule has 0 N–H and O–H groups in total. The summed E-state index contributed by atoms with van der Waals surface area (Å²) in [6.07, 6.45) is 21.3. The lowest BCUT2D eigenvalue weighted by Gasteiger charge is -2.46. The summed E-state index contributed by atoms with van der Waals surface area (Å²) < 4.78 is 23.8. The average Bonchev–Trinajstić information content (AvgIpc) is 2.81. The summed E-state index contributed by atoms with van der Waals surface area (Å²) in [5.74, 6) is -1.15. The molecule has 0 aliphatic carbocycles. The molecule has 0 aromatic rings. The molecule has 0 spiro atoms. The highest BCUT2D eigenvalue weighted by Gasteiger charge is 2.53. The van der Waals surface area contributed by atoms with Gasteiger partial charge in [0, 0.05) is 27.9 Å². The van der Waals surface area contributed by atoms with Crippen LogP contribution in [-0.2, 0) is 18.9 Å². The van der Waals surface area contributed by atoms with E-state index in [2.05, 4.69) is 27.4 Å². The molecule has 0 aliphatic heterocycles. The Hall–Kier alpha value is -0.420. The first-order valence-corrected chi connectivity index (χ1v) is 13.4. The minimum atomic E-state index is -1.15. The standard InChI is InChI=1S/C25H52O4.C3H6/c1-7-10-12-14-16-17-19-21-23-29-24(9-3,25(26-4,27-5)28-6)22-20-18-15-13-11-8-2;1-3-2/h7-23H2,1-6H3;3H,1H2,2H3. The third kappa shape index (κ3) is 14.0. The topological polar surface area (TPSA) is 36.9 Å². The normalized spacial score (nSPS) is 13.3. The highest BCUT2D eigenvalue weighted by molar-refractivity contribution is 4.90. The molecule has 4 nitrogen and oxygen atoms in total. The van der Waals surface area contributed by atoms with Crippen molar-refractivity contribution in [1.82, 2.24) is 0 Å². The predicted molar refractivity (Wildman–Crippen MR) is 139 cm³/mol. The lowest BCUT2D eigenvalue weighted by Crippen LogP contribution is -2.59. The van der Waals surface area contributed by atoms with Gasteiger partial charge in [-0.3, -0.25) is 0 Å². The van der Waals surface area contributed by atoms with E-state index in [1.54, 1.807) is 27.4 Å². The van der Waals surface area contributed by atoms with Gasteiger partial charge >= 0.3 is 5.97 Å². The van der Waals surface area contributed by atoms with Crippen LogP contribution in [0, 0.1) is 0 Å². The van der Waals surface area contributed by atoms with Gasteiger partial charge in [0.15, 0.2) is 0 Å². The van der Waals surface area contributed by atoms with Gasteiger partial charge in [0.2, 0.25) is 0 Å². The number of ether oxygens (including phenoxy) is 4. The molecule has 0 heterocycles. The molecule has 1 unspecified atom stereocenters. The molecule has 0 bridgehead atoms. The zero-order chi connectivity index (χ0) is 24.6. The van der Waals surface area contributed by atoms with Crippen LogP contribution in [0.5, 0.6) is 0 Å². The molecule has 0 saturated heterocycles. The van der Waals surface area contributed by atoms with E-state index in [0.717, 1.165) is 32.3 Å². The summed E-state index contributed by atoms with van der Waals surface area (Å²) in [6.45, 7) is 12.7. The lowest BCUT2D eigenvalue weighted by atomic mass is 9.89. The molecule has 1 atom stereocenters. The number of unbranched alkanes of at least 4 members (excludes halogenated alkanes) is 12. The average molecular weight is 459 g/mol. The van der Waals surface area contributed by atoms with Gasteiger partial charge in [-0.1, -0.05) is 110 Å². The third-order valence-corrected chi connectivity index (χ3v) is 6.25. The van der Waals surface area contributed by atoms with E-state index in [1.165, 1.54) is 77.0 Å². The fourth-order valence-corrected chi connectivity index (χ4v) is 4.31. The van der Waals surface area contributed by atoms with Crippen molar-refractivity contribution in [2.24, 2.45) is 0 Å². The highest BCUT2D eigenvalue weighted by Crippen LogP contribution is 2.39. The van der Waals surface area contributed by atoms with Crippen LogP contribution in [0.15, 0.2) is 12.7 Å². The molecular formula is C28H58O4. The van der Waals surface area contributed by atoms with Crippen molar-refractivity contribution in [2.75, 3.05) is 27.9 Å². The van der Waals surface area contributed by atoms with Crippen molar-refractivity contribution in [3.63, 3.8) is 0 Å². The maximum atomic E-state index is 6.51. The first-order chi connectivity index (χ1) is 15.5. The number of rotatable bonds is 22. The van der Waals surface area contributed by atoms with E-state index in [4.69, 9.17) is 18.9 Å². The van der Waals surface area contributed by atoms with Gasteiger partial charge in [-0.05, 0) is 26.2 Å². The van der Waals surface area contributed by atoms with Gasteiger partial charge in [0.05, 0.1) is 0 Å². The summed E-state index contributed by atoms with van der Waals surface area (Å²) >= 11 is 0. The first-order valence-electron chi connectivity index (χ1n) is 13.4. The minimum absolute atomic E-state index is 0.572. The molecule has 32 heavy (non-hydrogen) atoms. The number of hydrogen-bond donors (Lipinski definition) is 0. The van der Waals surface area contributed by atoms with Crippen LogP contribution in [0.3, 0.4) is 0 Å². The van der Waals surface area contributed by atoms with Crippen molar-refractivity contribution in [1.29, 1.82) is 0 Å². The monoisotopic (exact) mass is 458 g/mol. The molecule has 0 saturated carbocycles. The Morgan fingerprint density at radius 1 is 0.625 bits per heavy atom. The summed E-state index contributed by atoms with van der Waals surface area (Å²) in [6, 6.07) is 0. The van der Waals surface area contributed by atoms with Crippen LogP contribution in [0.25, 0.3) is 0 Å². The smallest absolute Gasteiger partial charge is 0.313 e. The Labute approximate surface area is 201 Å². The van der Waals surface area contributed by atoms with Crippen molar-refractivity contribution in [3.8, 4) is 0 Å². The maximum absolute atomic E-state index is 6.51. The van der Waals surface area contributed by atoms with E-state index in [9.17, 15) is 0 Å². The Balaban J connectivity index is 0. The van der Waals surface area contributed by atoms with Gasteiger partial charge in [-0.25, -0.2) is 0 Å². The van der Waals surface area contributed by atoms with Crippen molar-refractivity contribution >= 4 is 0 Å². The predicted octanol–water partition coefficient (Wildman–Crippen LogP) is 8.83. The Kier molecular flexibility index (Phi) is 25.0. The van der Waals surface area contributed by atoms with Gasteiger partial charge < -0.3 is 18.9 Å². The van der Waals surface area contributed by atoms with Crippen LogP contribution < -0.4 is 0 Å². The molecule has 194 valence electrons. The molecular weight excluding hydrogens is 400 g/mol. The van der Waals surface area contributed by atoms with E-state index in [-0.39, 0.29) is 0 Å². The Morgan fingerprint density at radius 2 is 1.00 bits per heavy atom. The zero-order valence-corrected chi connectivity index (χ0v) is 22.9. The number of allylic oxidation sites excluding steroid dienone is 1. The fourth-order valence-electron chi connectivity index (χ4n) is 4.31. The summed E-state index contributed by atoms with van der Waals surface area (Å²) in [7, 11) is 4.95. The van der Waals surface area contributed by atoms with Gasteiger partial charge in [-0.2, -0.15) is 0 Å². The van der Waals surface area contributed by atoms with Gasteiger partial charge in [0.1, 0.15) is 5.60 Å². The summed E-state index contributed by atoms with van der Waals surface area (Å²) in [5, 5.41) is 0. The Bertz CT molecular complexity index is 373. The lowest BCUT2D eigenvalue weighted by molar-refractivity contribution is -0.428. The van der Waals surface area contributed by atoms with E-state index in [1.807, 2.05) is 6.92 Å². The molecule has 4 heteroatoms. The minimum Gasteiger partial charge on any atom is -0.367 e. The Morgan fingerprint density at radius 3 is 1.38 bits per heavy atom. The molecule has 0 fully saturated rings. The van der Waals surface area contributed by atoms with Crippen molar-refractivity contribution in [3.05, 3.63) is 12.7 Å². The van der Waals surface area contributed by atoms with Crippen molar-refractivity contribution < 1.29 is 18.9 Å². The van der Waals surface area contributed by atoms with Crippen molar-refractivity contribution in [2.45, 2.75) is 142 Å². The van der Waals surface area contributed by atoms with E-state index in [0.29, 0.717) is 0 Å². The summed E-state index contributed by atoms with van der Waals surface area (Å²) in [4.78, 5) is 0. The first kappa shape index (κ1) is 33.8. The highest BCUT2D eigenvalue weighted by atomic mass is 16.9. The van der Waals surface area contributed by atoms with Crippen LogP contribution >= 0.6 is 0 Å². The fraction of sp³-hybridized carbons (Fsp3) is 0.929. The third-order valence-electron chi connectivity index (χ3n) is 6.25. The maximum Gasteiger partial charge on any atom is 0.313 e. The molecule has 0 amide bonds. The van der Waals surface area contributed by atoms with Gasteiger partial charge in [-0.15, -0.1) is 6.58 Å². The van der Waals surface area contributed by atoms with E-state index >= 15 is 0 Å². The number of hydrogen-bond acceptors (Lipinski definition) is 4. The second-order valence-electron chi connectivity index (χ2n) is 8.77. The molecule has 0 rings (SSSR count). The van der Waals surface area contributed by atoms with Crippen LogP contribution in [0.1, 0.15) is 130 Å². The SMILES string of the molecule is C=CC.CCCCCCCCCCOC(CC)(CCCCCCCC)C(OC)(OC)OC. The van der Waals surface area contributed by atoms with Gasteiger partial charge in [0.25, 0.3) is 0 Å². The van der Waals surface area contributed by atoms with E-state index < -0.39 is 11.6 Å². The van der Waals surface area contributed by atoms with Crippen LogP contribution in [0.4, 0.5) is 0 Å². The number of methoxy groups -OCH3 is 3. The molecule has 0 aromatic heterocycles. The van der Waals surface area contributed by atoms with Crippen LogP contribution in [0.2, 0.25) is 0 Å². The second-order valence-corrected chi connectivity index (χ2v) is 8.77. The second kappa shape index (κ2) is 23.7. The molecule has 0 aliphatic rings. The molecule has 0 aromatic carbocycles. The van der Waals surface area contributed by atoms with Crippen LogP contribution in [-0.4, -0.2) is 39.5 Å². The zero-order valence-electron chi connectivity index (χ0n) is 22.9. The summed E-state index contributed by atoms with van der Waals surface area (Å²) in [5.41, 5.74) is -0.572. The quantitative estimate of drug-likeness (QED) is 0.0922.